The van der Waals surface area contributed by atoms with Gasteiger partial charge in [-0.2, -0.15) is 0 Å². The molecule has 0 aromatic heterocycles. The maximum atomic E-state index is 12.5. The molecule has 2 aliphatic rings. The van der Waals surface area contributed by atoms with Crippen molar-refractivity contribution in [1.82, 2.24) is 20.9 Å². The predicted octanol–water partition coefficient (Wildman–Crippen LogP) is 1.88. The van der Waals surface area contributed by atoms with Crippen molar-refractivity contribution < 1.29 is 14.3 Å². The Bertz CT molecular complexity index is 605. The smallest absolute Gasteiger partial charge is 0.317 e. The Balaban J connectivity index is 1.43. The summed E-state index contributed by atoms with van der Waals surface area (Å²) in [5, 5.41) is 9.10. The molecule has 148 valence electrons. The van der Waals surface area contributed by atoms with Gasteiger partial charge in [-0.25, -0.2) is 9.59 Å². The largest absolute Gasteiger partial charge is 0.378 e. The third kappa shape index (κ3) is 6.13. The first-order valence-electron chi connectivity index (χ1n) is 9.94. The van der Waals surface area contributed by atoms with E-state index in [-0.39, 0.29) is 24.1 Å². The summed E-state index contributed by atoms with van der Waals surface area (Å²) in [4.78, 5) is 26.5. The summed E-state index contributed by atoms with van der Waals surface area (Å²) in [5.41, 5.74) is 1.20. The lowest BCUT2D eigenvalue weighted by molar-refractivity contribution is 0.0517. The first-order valence-corrected chi connectivity index (χ1v) is 9.94. The van der Waals surface area contributed by atoms with E-state index in [0.717, 1.165) is 32.1 Å². The number of carbonyl (C=O) groups excluding carboxylic acids is 2. The normalized spacial score (nSPS) is 22.7. The number of ether oxygens (including phenoxy) is 1. The molecule has 1 aromatic rings. The summed E-state index contributed by atoms with van der Waals surface area (Å²) in [5.74, 6) is 0. The van der Waals surface area contributed by atoms with E-state index >= 15 is 0 Å². The van der Waals surface area contributed by atoms with Crippen LogP contribution in [0.3, 0.4) is 0 Å². The van der Waals surface area contributed by atoms with Gasteiger partial charge in [-0.1, -0.05) is 43.2 Å². The number of nitrogens with zero attached hydrogens (tertiary/aromatic N) is 1. The second-order valence-corrected chi connectivity index (χ2v) is 7.18. The van der Waals surface area contributed by atoms with E-state index in [2.05, 4.69) is 28.1 Å². The molecule has 7 nitrogen and oxygen atoms in total. The van der Waals surface area contributed by atoms with Crippen LogP contribution < -0.4 is 16.0 Å². The second kappa shape index (κ2) is 10.2. The van der Waals surface area contributed by atoms with E-state index in [1.54, 1.807) is 4.90 Å². The molecule has 1 aliphatic carbocycles. The van der Waals surface area contributed by atoms with Crippen LogP contribution in [-0.4, -0.2) is 61.9 Å². The summed E-state index contributed by atoms with van der Waals surface area (Å²) in [6.07, 6.45) is 4.72. The molecule has 2 fully saturated rings. The molecule has 2 atom stereocenters. The van der Waals surface area contributed by atoms with E-state index in [9.17, 15) is 9.59 Å². The zero-order valence-corrected chi connectivity index (χ0v) is 15.8. The number of hydrogen-bond acceptors (Lipinski definition) is 3. The van der Waals surface area contributed by atoms with Crippen molar-refractivity contribution >= 4 is 12.1 Å². The minimum Gasteiger partial charge on any atom is -0.378 e. The summed E-state index contributed by atoms with van der Waals surface area (Å²) in [6, 6.07) is 9.83. The first-order chi connectivity index (χ1) is 13.2. The van der Waals surface area contributed by atoms with Crippen LogP contribution in [-0.2, 0) is 11.2 Å². The predicted molar refractivity (Wildman–Crippen MR) is 104 cm³/mol. The second-order valence-electron chi connectivity index (χ2n) is 7.18. The van der Waals surface area contributed by atoms with Crippen LogP contribution in [0.25, 0.3) is 0 Å². The van der Waals surface area contributed by atoms with Gasteiger partial charge >= 0.3 is 12.1 Å². The lowest BCUT2D eigenvalue weighted by Gasteiger charge is -2.35. The quantitative estimate of drug-likeness (QED) is 0.736. The van der Waals surface area contributed by atoms with Gasteiger partial charge in [0.05, 0.1) is 25.3 Å². The highest BCUT2D eigenvalue weighted by Crippen LogP contribution is 2.19. The van der Waals surface area contributed by atoms with Crippen molar-refractivity contribution in [2.75, 3.05) is 32.8 Å². The molecule has 27 heavy (non-hydrogen) atoms. The maximum Gasteiger partial charge on any atom is 0.317 e. The Hall–Kier alpha value is -2.28. The Morgan fingerprint density at radius 1 is 1.00 bits per heavy atom. The fraction of sp³-hybridized carbons (Fsp3) is 0.600. The zero-order valence-electron chi connectivity index (χ0n) is 15.8. The fourth-order valence-electron chi connectivity index (χ4n) is 3.68. The van der Waals surface area contributed by atoms with Gasteiger partial charge in [-0.3, -0.25) is 0 Å². The molecule has 1 saturated heterocycles. The molecule has 7 heteroatoms. The number of carbonyl (C=O) groups is 2. The van der Waals surface area contributed by atoms with Crippen molar-refractivity contribution in [2.45, 2.75) is 44.2 Å². The van der Waals surface area contributed by atoms with E-state index in [0.29, 0.717) is 32.8 Å². The van der Waals surface area contributed by atoms with Crippen molar-refractivity contribution in [3.05, 3.63) is 35.9 Å². The van der Waals surface area contributed by atoms with Crippen molar-refractivity contribution in [3.8, 4) is 0 Å². The van der Waals surface area contributed by atoms with Crippen LogP contribution in [0.15, 0.2) is 30.3 Å². The third-order valence-electron chi connectivity index (χ3n) is 5.23. The Labute approximate surface area is 160 Å². The molecule has 1 aliphatic heterocycles. The molecule has 2 unspecified atom stereocenters. The molecule has 0 bridgehead atoms. The van der Waals surface area contributed by atoms with Crippen molar-refractivity contribution in [2.24, 2.45) is 0 Å². The van der Waals surface area contributed by atoms with Gasteiger partial charge in [0, 0.05) is 19.6 Å². The van der Waals surface area contributed by atoms with Crippen LogP contribution in [0.4, 0.5) is 9.59 Å². The maximum absolute atomic E-state index is 12.5. The van der Waals surface area contributed by atoms with Crippen LogP contribution in [0.2, 0.25) is 0 Å². The van der Waals surface area contributed by atoms with Gasteiger partial charge in [0.2, 0.25) is 0 Å². The summed E-state index contributed by atoms with van der Waals surface area (Å²) < 4.78 is 5.30. The number of nitrogens with one attached hydrogen (secondary N) is 3. The number of amides is 4. The van der Waals surface area contributed by atoms with Crippen molar-refractivity contribution in [1.29, 1.82) is 0 Å². The van der Waals surface area contributed by atoms with Crippen molar-refractivity contribution in [3.63, 3.8) is 0 Å². The topological polar surface area (TPSA) is 82.7 Å². The third-order valence-corrected chi connectivity index (χ3v) is 5.23. The number of morpholine rings is 1. The van der Waals surface area contributed by atoms with E-state index in [4.69, 9.17) is 4.74 Å². The number of benzene rings is 1. The van der Waals surface area contributed by atoms with Gasteiger partial charge in [-0.15, -0.1) is 0 Å². The Morgan fingerprint density at radius 3 is 2.37 bits per heavy atom. The molecule has 1 aromatic carbocycles. The minimum atomic E-state index is -0.163. The molecule has 3 N–H and O–H groups in total. The van der Waals surface area contributed by atoms with Crippen LogP contribution >= 0.6 is 0 Å². The van der Waals surface area contributed by atoms with Crippen LogP contribution in [0.1, 0.15) is 31.2 Å². The molecular formula is C20H30N4O3. The summed E-state index contributed by atoms with van der Waals surface area (Å²) in [7, 11) is 0. The first kappa shape index (κ1) is 19.5. The molecule has 4 amide bonds. The minimum absolute atomic E-state index is 0.0195. The lowest BCUT2D eigenvalue weighted by Crippen LogP contribution is -2.58. The SMILES string of the molecule is O=C(NCCc1ccccc1)NC1CCCCC1NC(=O)N1CCOCC1. The molecule has 0 radical (unpaired) electrons. The van der Waals surface area contributed by atoms with Gasteiger partial charge < -0.3 is 25.6 Å². The number of rotatable bonds is 5. The molecule has 1 heterocycles. The lowest BCUT2D eigenvalue weighted by atomic mass is 9.90. The molecular weight excluding hydrogens is 344 g/mol. The molecule has 1 saturated carbocycles. The average molecular weight is 374 g/mol. The highest BCUT2D eigenvalue weighted by Gasteiger charge is 2.29. The van der Waals surface area contributed by atoms with Gasteiger partial charge in [0.1, 0.15) is 0 Å². The Kier molecular flexibility index (Phi) is 7.33. The number of hydrogen-bond donors (Lipinski definition) is 3. The van der Waals surface area contributed by atoms with Crippen LogP contribution in [0.5, 0.6) is 0 Å². The molecule has 3 rings (SSSR count). The zero-order chi connectivity index (χ0) is 18.9. The highest BCUT2D eigenvalue weighted by atomic mass is 16.5. The Morgan fingerprint density at radius 2 is 1.67 bits per heavy atom. The molecule has 0 spiro atoms. The fourth-order valence-corrected chi connectivity index (χ4v) is 3.68. The van der Waals surface area contributed by atoms with E-state index < -0.39 is 0 Å². The highest BCUT2D eigenvalue weighted by molar-refractivity contribution is 5.76. The summed E-state index contributed by atoms with van der Waals surface area (Å²) in [6.45, 7) is 3.01. The van der Waals surface area contributed by atoms with E-state index in [1.807, 2.05) is 18.2 Å². The number of urea groups is 2. The van der Waals surface area contributed by atoms with E-state index in [1.165, 1.54) is 5.56 Å². The van der Waals surface area contributed by atoms with Gasteiger partial charge in [0.25, 0.3) is 0 Å². The monoisotopic (exact) mass is 374 g/mol. The summed E-state index contributed by atoms with van der Waals surface area (Å²) >= 11 is 0. The standard InChI is InChI=1S/C20H30N4O3/c25-19(21-11-10-16-6-2-1-3-7-16)22-17-8-4-5-9-18(17)23-20(26)24-12-14-27-15-13-24/h1-3,6-7,17-18H,4-5,8-15H2,(H,23,26)(H2,21,22,25). The van der Waals surface area contributed by atoms with Gasteiger partial charge in [0.15, 0.2) is 0 Å². The van der Waals surface area contributed by atoms with Crippen LogP contribution in [0, 0.1) is 0 Å². The average Bonchev–Trinajstić information content (AvgIpc) is 2.71. The van der Waals surface area contributed by atoms with Gasteiger partial charge in [-0.05, 0) is 24.8 Å².